The van der Waals surface area contributed by atoms with Gasteiger partial charge in [-0.1, -0.05) is 0 Å². The van der Waals surface area contributed by atoms with Crippen LogP contribution in [0, 0.1) is 0 Å². The van der Waals surface area contributed by atoms with Gasteiger partial charge >= 0.3 is 22.8 Å². The van der Waals surface area contributed by atoms with Crippen molar-refractivity contribution in [2.45, 2.75) is 19.0 Å². The monoisotopic (exact) mass is 312 g/mol. The van der Waals surface area contributed by atoms with Gasteiger partial charge in [-0.2, -0.15) is 0 Å². The van der Waals surface area contributed by atoms with Crippen molar-refractivity contribution in [2.75, 3.05) is 13.2 Å². The third-order valence-corrected chi connectivity index (χ3v) is 9.81. The first-order valence-electron chi connectivity index (χ1n) is 4.48. The Morgan fingerprint density at radius 1 is 0.882 bits per heavy atom. The zero-order valence-electron chi connectivity index (χ0n) is 9.16. The van der Waals surface area contributed by atoms with E-state index < -0.39 is 27.9 Å². The Labute approximate surface area is 98.0 Å². The minimum atomic E-state index is -5.35. The molecule has 0 saturated carbocycles. The average Bonchev–Trinajstić information content (AvgIpc) is 1.97. The van der Waals surface area contributed by atoms with Crippen molar-refractivity contribution < 1.29 is 42.3 Å². The molecule has 0 radical (unpaired) electrons. The molecule has 0 aliphatic carbocycles. The summed E-state index contributed by atoms with van der Waals surface area (Å²) in [6, 6.07) is 0. The fourth-order valence-corrected chi connectivity index (χ4v) is 7.47. The van der Waals surface area contributed by atoms with Crippen LogP contribution in [0.5, 0.6) is 0 Å². The molecule has 0 spiro atoms. The van der Waals surface area contributed by atoms with Crippen LogP contribution in [0.1, 0.15) is 13.8 Å². The first-order chi connectivity index (χ1) is 7.49. The molecule has 0 amide bonds. The Morgan fingerprint density at radius 3 is 1.35 bits per heavy atom. The molecule has 0 bridgehead atoms. The molecule has 0 saturated heterocycles. The van der Waals surface area contributed by atoms with Crippen molar-refractivity contribution in [3.8, 4) is 0 Å². The highest BCUT2D eigenvalue weighted by molar-refractivity contribution is 7.87. The van der Waals surface area contributed by atoms with Crippen molar-refractivity contribution in [1.29, 1.82) is 0 Å². The maximum atomic E-state index is 12.0. The zero-order valence-corrected chi connectivity index (χ0v) is 11.8. The number of hydrogen-bond donors (Lipinski definition) is 4. The lowest BCUT2D eigenvalue weighted by atomic mass is 10.9. The lowest BCUT2D eigenvalue weighted by Gasteiger charge is -2.26. The van der Waals surface area contributed by atoms with E-state index in [-0.39, 0.29) is 13.2 Å². The largest absolute Gasteiger partial charge is 0.358 e. The number of hydrogen-bond acceptors (Lipinski definition) is 5. The van der Waals surface area contributed by atoms with Gasteiger partial charge < -0.3 is 28.6 Å². The topological polar surface area (TPSA) is 151 Å². The van der Waals surface area contributed by atoms with Crippen LogP contribution in [0.3, 0.4) is 0 Å². The Hall–Kier alpha value is 0.450. The molecule has 0 rings (SSSR count). The van der Waals surface area contributed by atoms with Gasteiger partial charge in [0.2, 0.25) is 0 Å². The highest BCUT2D eigenvalue weighted by Crippen LogP contribution is 2.77. The summed E-state index contributed by atoms with van der Waals surface area (Å²) in [4.78, 5) is 35.6. The van der Waals surface area contributed by atoms with E-state index in [1.807, 2.05) is 0 Å². The molecule has 0 heterocycles. The molecule has 9 nitrogen and oxygen atoms in total. The molecule has 4 N–H and O–H groups in total. The van der Waals surface area contributed by atoms with E-state index >= 15 is 0 Å². The average molecular weight is 312 g/mol. The fraction of sp³-hybridized carbons (Fsp3) is 1.00. The maximum Gasteiger partial charge on any atom is 0.358 e. The van der Waals surface area contributed by atoms with Gasteiger partial charge in [0.25, 0.3) is 5.14 Å². The molecule has 0 aromatic carbocycles. The molecule has 0 atom stereocenters. The standard InChI is InChI=1S/C5H15O9P3/c1-3-13-17(12,14-4-2)5(15(6,7)8)16(9,10)11/h5H,3-4H2,1-2H3,(H2,6,7,8)(H2,9,10,11). The van der Waals surface area contributed by atoms with Gasteiger partial charge in [-0.3, -0.25) is 13.7 Å². The third-order valence-electron chi connectivity index (χ3n) is 1.50. The smallest absolute Gasteiger partial charge is 0.323 e. The molecule has 12 heteroatoms. The van der Waals surface area contributed by atoms with Gasteiger partial charge in [0.1, 0.15) is 0 Å². The molecule has 0 fully saturated rings. The summed E-state index contributed by atoms with van der Waals surface area (Å²) in [6.45, 7) is 2.16. The molecule has 0 unspecified atom stereocenters. The summed E-state index contributed by atoms with van der Waals surface area (Å²) in [6.07, 6.45) is 0. The van der Waals surface area contributed by atoms with E-state index in [0.717, 1.165) is 0 Å². The second kappa shape index (κ2) is 6.06. The number of rotatable bonds is 7. The quantitative estimate of drug-likeness (QED) is 0.502. The Balaban J connectivity index is 5.64. The van der Waals surface area contributed by atoms with E-state index in [1.165, 1.54) is 13.8 Å². The van der Waals surface area contributed by atoms with Crippen LogP contribution in [0.15, 0.2) is 0 Å². The maximum absolute atomic E-state index is 12.0. The molecule has 0 aliphatic rings. The van der Waals surface area contributed by atoms with Crippen molar-refractivity contribution in [1.82, 2.24) is 0 Å². The second-order valence-corrected chi connectivity index (χ2v) is 9.62. The van der Waals surface area contributed by atoms with Gasteiger partial charge in [-0.25, -0.2) is 0 Å². The SMILES string of the molecule is CCOP(=O)(OCC)C(P(=O)(O)O)P(=O)(O)O. The van der Waals surface area contributed by atoms with Gasteiger partial charge in [0.15, 0.2) is 0 Å². The summed E-state index contributed by atoms with van der Waals surface area (Å²) < 4.78 is 43.1. The molecule has 0 aromatic heterocycles. The molecular formula is C5H15O9P3. The van der Waals surface area contributed by atoms with Crippen LogP contribution in [0.2, 0.25) is 0 Å². The predicted octanol–water partition coefficient (Wildman–Crippen LogP) is 0.891. The van der Waals surface area contributed by atoms with E-state index in [9.17, 15) is 13.7 Å². The third kappa shape index (κ3) is 4.91. The summed E-state index contributed by atoms with van der Waals surface area (Å²) in [5.41, 5.74) is 0. The summed E-state index contributed by atoms with van der Waals surface area (Å²) in [5, 5.41) is -2.79. The summed E-state index contributed by atoms with van der Waals surface area (Å²) >= 11 is 0. The van der Waals surface area contributed by atoms with Crippen LogP contribution >= 0.6 is 22.8 Å². The van der Waals surface area contributed by atoms with Gasteiger partial charge in [-0.05, 0) is 13.8 Å². The van der Waals surface area contributed by atoms with Crippen LogP contribution in [0.4, 0.5) is 0 Å². The van der Waals surface area contributed by atoms with E-state index in [0.29, 0.717) is 0 Å². The summed E-state index contributed by atoms with van der Waals surface area (Å²) in [7, 11) is -15.3. The van der Waals surface area contributed by atoms with E-state index in [1.54, 1.807) is 0 Å². The second-order valence-electron chi connectivity index (χ2n) is 2.90. The van der Waals surface area contributed by atoms with E-state index in [2.05, 4.69) is 9.05 Å². The van der Waals surface area contributed by atoms with Crippen molar-refractivity contribution in [3.05, 3.63) is 0 Å². The van der Waals surface area contributed by atoms with Crippen LogP contribution < -0.4 is 0 Å². The molecule has 0 aromatic rings. The van der Waals surface area contributed by atoms with Gasteiger partial charge in [0.05, 0.1) is 13.2 Å². The summed E-state index contributed by atoms with van der Waals surface area (Å²) in [5.74, 6) is 0. The Morgan fingerprint density at radius 2 is 1.18 bits per heavy atom. The van der Waals surface area contributed by atoms with Crippen LogP contribution in [-0.4, -0.2) is 37.9 Å². The lowest BCUT2D eigenvalue weighted by Crippen LogP contribution is -2.14. The van der Waals surface area contributed by atoms with E-state index in [4.69, 9.17) is 19.6 Å². The highest BCUT2D eigenvalue weighted by atomic mass is 31.3. The molecule has 17 heavy (non-hydrogen) atoms. The van der Waals surface area contributed by atoms with Gasteiger partial charge in [0, 0.05) is 0 Å². The Bertz CT molecular complexity index is 348. The Kier molecular flexibility index (Phi) is 6.22. The molecule has 104 valence electrons. The van der Waals surface area contributed by atoms with Gasteiger partial charge in [-0.15, -0.1) is 0 Å². The first-order valence-corrected chi connectivity index (χ1v) is 9.45. The molecular weight excluding hydrogens is 297 g/mol. The van der Waals surface area contributed by atoms with Crippen molar-refractivity contribution in [3.63, 3.8) is 0 Å². The fourth-order valence-electron chi connectivity index (χ4n) is 1.09. The first kappa shape index (κ1) is 17.4. The van der Waals surface area contributed by atoms with Crippen molar-refractivity contribution >= 4 is 22.8 Å². The zero-order chi connectivity index (χ0) is 13.9. The minimum Gasteiger partial charge on any atom is -0.323 e. The highest BCUT2D eigenvalue weighted by Gasteiger charge is 2.58. The van der Waals surface area contributed by atoms with Crippen molar-refractivity contribution in [2.24, 2.45) is 0 Å². The predicted molar refractivity (Wildman–Crippen MR) is 58.7 cm³/mol. The van der Waals surface area contributed by atoms with Crippen LogP contribution in [-0.2, 0) is 22.7 Å². The van der Waals surface area contributed by atoms with Crippen LogP contribution in [0.25, 0.3) is 0 Å². The lowest BCUT2D eigenvalue weighted by molar-refractivity contribution is 0.216. The minimum absolute atomic E-state index is 0.270. The molecule has 0 aliphatic heterocycles. The normalized spacial score (nSPS) is 14.3.